The Morgan fingerprint density at radius 2 is 2.11 bits per heavy atom. The molecule has 1 aromatic heterocycles. The van der Waals surface area contributed by atoms with Crippen molar-refractivity contribution in [1.29, 1.82) is 0 Å². The van der Waals surface area contributed by atoms with Gasteiger partial charge in [-0.2, -0.15) is 0 Å². The molecule has 0 amide bonds. The summed E-state index contributed by atoms with van der Waals surface area (Å²) >= 11 is 5.80. The van der Waals surface area contributed by atoms with Crippen LogP contribution >= 0.6 is 11.6 Å². The Bertz CT molecular complexity index is 382. The number of aromatic nitrogens is 2. The van der Waals surface area contributed by atoms with Gasteiger partial charge in [-0.3, -0.25) is 0 Å². The van der Waals surface area contributed by atoms with Gasteiger partial charge >= 0.3 is 0 Å². The number of hydrogen-bond acceptors (Lipinski definition) is 5. The van der Waals surface area contributed by atoms with Gasteiger partial charge < -0.3 is 15.8 Å². The van der Waals surface area contributed by atoms with Crippen molar-refractivity contribution in [2.24, 2.45) is 0 Å². The number of ether oxygens (including phenoxy) is 1. The quantitative estimate of drug-likeness (QED) is 0.635. The summed E-state index contributed by atoms with van der Waals surface area (Å²) in [5.74, 6) is 0.572. The molecule has 0 saturated heterocycles. The minimum absolute atomic E-state index is 0.278. The van der Waals surface area contributed by atoms with Gasteiger partial charge in [0.25, 0.3) is 0 Å². The number of anilines is 2. The Kier molecular flexibility index (Phi) is 5.01. The Labute approximate surface area is 112 Å². The smallest absolute Gasteiger partial charge is 0.157 e. The number of halogens is 1. The molecule has 0 bridgehead atoms. The summed E-state index contributed by atoms with van der Waals surface area (Å²) in [4.78, 5) is 7.84. The highest BCUT2D eigenvalue weighted by molar-refractivity contribution is 6.32. The van der Waals surface area contributed by atoms with Crippen LogP contribution in [0.4, 0.5) is 11.5 Å². The van der Waals surface area contributed by atoms with Gasteiger partial charge in [0.2, 0.25) is 0 Å². The van der Waals surface area contributed by atoms with Crippen LogP contribution in [0.25, 0.3) is 0 Å². The molecular formula is C12H19ClN4O. The lowest BCUT2D eigenvalue weighted by atomic mass is 9.98. The van der Waals surface area contributed by atoms with Crippen LogP contribution in [0.5, 0.6) is 0 Å². The van der Waals surface area contributed by atoms with Crippen LogP contribution in [-0.4, -0.2) is 29.2 Å². The number of rotatable bonds is 5. The van der Waals surface area contributed by atoms with Crippen LogP contribution in [-0.2, 0) is 4.74 Å². The Balaban J connectivity index is 1.70. The highest BCUT2D eigenvalue weighted by Gasteiger charge is 2.13. The summed E-state index contributed by atoms with van der Waals surface area (Å²) in [6.07, 6.45) is 8.09. The number of nitrogens with two attached hydrogens (primary N) is 1. The second kappa shape index (κ2) is 6.75. The molecule has 0 aromatic carbocycles. The topological polar surface area (TPSA) is 73.1 Å². The molecule has 0 spiro atoms. The summed E-state index contributed by atoms with van der Waals surface area (Å²) in [5.41, 5.74) is 6.13. The van der Waals surface area contributed by atoms with Crippen LogP contribution in [0.15, 0.2) is 6.33 Å². The lowest BCUT2D eigenvalue weighted by Crippen LogP contribution is -2.21. The fourth-order valence-corrected chi connectivity index (χ4v) is 2.27. The van der Waals surface area contributed by atoms with Crippen molar-refractivity contribution in [2.45, 2.75) is 38.2 Å². The average Bonchev–Trinajstić information content (AvgIpc) is 2.40. The van der Waals surface area contributed by atoms with E-state index in [1.807, 2.05) is 0 Å². The molecule has 0 radical (unpaired) electrons. The summed E-state index contributed by atoms with van der Waals surface area (Å²) in [6, 6.07) is 0. The van der Waals surface area contributed by atoms with E-state index in [9.17, 15) is 0 Å². The van der Waals surface area contributed by atoms with Gasteiger partial charge in [0.15, 0.2) is 11.0 Å². The predicted octanol–water partition coefficient (Wildman–Crippen LogP) is 2.47. The third kappa shape index (κ3) is 3.71. The fraction of sp³-hybridized carbons (Fsp3) is 0.667. The van der Waals surface area contributed by atoms with Gasteiger partial charge in [0.05, 0.1) is 12.7 Å². The van der Waals surface area contributed by atoms with Crippen LogP contribution in [0, 0.1) is 0 Å². The summed E-state index contributed by atoms with van der Waals surface area (Å²) in [5, 5.41) is 3.39. The van der Waals surface area contributed by atoms with Crippen molar-refractivity contribution in [1.82, 2.24) is 9.97 Å². The molecule has 6 heteroatoms. The molecule has 5 nitrogen and oxygen atoms in total. The third-order valence-electron chi connectivity index (χ3n) is 3.14. The van der Waals surface area contributed by atoms with E-state index in [0.717, 1.165) is 0 Å². The highest BCUT2D eigenvalue weighted by atomic mass is 35.5. The molecule has 1 aliphatic rings. The van der Waals surface area contributed by atoms with Gasteiger partial charge in [-0.15, -0.1) is 0 Å². The largest absolute Gasteiger partial charge is 0.393 e. The van der Waals surface area contributed by atoms with Gasteiger partial charge in [-0.05, 0) is 12.8 Å². The molecule has 0 atom stereocenters. The maximum atomic E-state index is 5.80. The average molecular weight is 271 g/mol. The summed E-state index contributed by atoms with van der Waals surface area (Å²) in [7, 11) is 0. The standard InChI is InChI=1S/C12H19ClN4O/c13-11-10(14)12(17-8-16-11)15-6-7-18-9-4-2-1-3-5-9/h8-9H,1-7,14H2,(H,15,16,17). The lowest BCUT2D eigenvalue weighted by Gasteiger charge is -2.22. The van der Waals surface area contributed by atoms with Crippen LogP contribution < -0.4 is 11.1 Å². The molecule has 1 fully saturated rings. The van der Waals surface area contributed by atoms with E-state index < -0.39 is 0 Å². The van der Waals surface area contributed by atoms with Crippen molar-refractivity contribution in [3.8, 4) is 0 Å². The number of hydrogen-bond donors (Lipinski definition) is 2. The van der Waals surface area contributed by atoms with Crippen molar-refractivity contribution in [2.75, 3.05) is 24.2 Å². The molecule has 2 rings (SSSR count). The zero-order chi connectivity index (χ0) is 12.8. The summed E-state index contributed by atoms with van der Waals surface area (Å²) < 4.78 is 5.80. The van der Waals surface area contributed by atoms with Gasteiger partial charge in [0.1, 0.15) is 12.0 Å². The third-order valence-corrected chi connectivity index (χ3v) is 3.44. The summed E-state index contributed by atoms with van der Waals surface area (Å²) in [6.45, 7) is 1.33. The number of nitrogens with zero attached hydrogens (tertiary/aromatic N) is 2. The zero-order valence-electron chi connectivity index (χ0n) is 10.4. The maximum absolute atomic E-state index is 5.80. The SMILES string of the molecule is Nc1c(Cl)ncnc1NCCOC1CCCCC1. The first-order valence-electron chi connectivity index (χ1n) is 6.39. The fourth-order valence-electron chi connectivity index (χ4n) is 2.14. The monoisotopic (exact) mass is 270 g/mol. The minimum Gasteiger partial charge on any atom is -0.393 e. The van der Waals surface area contributed by atoms with Crippen molar-refractivity contribution in [3.05, 3.63) is 11.5 Å². The second-order valence-corrected chi connectivity index (χ2v) is 4.84. The minimum atomic E-state index is 0.278. The van der Waals surface area contributed by atoms with Crippen molar-refractivity contribution < 1.29 is 4.74 Å². The van der Waals surface area contributed by atoms with Crippen LogP contribution in [0.1, 0.15) is 32.1 Å². The Hall–Kier alpha value is -1.07. The Morgan fingerprint density at radius 1 is 1.33 bits per heavy atom. The second-order valence-electron chi connectivity index (χ2n) is 4.48. The molecule has 1 aliphatic carbocycles. The van der Waals surface area contributed by atoms with E-state index in [1.165, 1.54) is 38.4 Å². The van der Waals surface area contributed by atoms with Crippen molar-refractivity contribution >= 4 is 23.1 Å². The van der Waals surface area contributed by atoms with E-state index >= 15 is 0 Å². The molecule has 1 saturated carbocycles. The Morgan fingerprint density at radius 3 is 2.89 bits per heavy atom. The number of nitrogen functional groups attached to an aromatic ring is 1. The molecule has 1 aromatic rings. The normalized spacial score (nSPS) is 16.7. The van der Waals surface area contributed by atoms with E-state index in [4.69, 9.17) is 22.1 Å². The van der Waals surface area contributed by atoms with Gasteiger partial charge in [0, 0.05) is 6.54 Å². The molecule has 0 aliphatic heterocycles. The first-order valence-corrected chi connectivity index (χ1v) is 6.76. The predicted molar refractivity (Wildman–Crippen MR) is 72.8 cm³/mol. The lowest BCUT2D eigenvalue weighted by molar-refractivity contribution is 0.0347. The zero-order valence-corrected chi connectivity index (χ0v) is 11.1. The number of nitrogens with one attached hydrogen (secondary N) is 1. The van der Waals surface area contributed by atoms with E-state index in [2.05, 4.69) is 15.3 Å². The van der Waals surface area contributed by atoms with Crippen molar-refractivity contribution in [3.63, 3.8) is 0 Å². The van der Waals surface area contributed by atoms with Crippen LogP contribution in [0.3, 0.4) is 0 Å². The van der Waals surface area contributed by atoms with Crippen LogP contribution in [0.2, 0.25) is 5.15 Å². The first-order chi connectivity index (χ1) is 8.77. The molecular weight excluding hydrogens is 252 g/mol. The molecule has 3 N–H and O–H groups in total. The first kappa shape index (κ1) is 13.4. The molecule has 18 heavy (non-hydrogen) atoms. The van der Waals surface area contributed by atoms with E-state index in [-0.39, 0.29) is 5.15 Å². The van der Waals surface area contributed by atoms with E-state index in [1.54, 1.807) is 0 Å². The molecule has 100 valence electrons. The van der Waals surface area contributed by atoms with Gasteiger partial charge in [-0.1, -0.05) is 30.9 Å². The molecule has 0 unspecified atom stereocenters. The highest BCUT2D eigenvalue weighted by Crippen LogP contribution is 2.22. The van der Waals surface area contributed by atoms with Gasteiger partial charge in [-0.25, -0.2) is 9.97 Å². The maximum Gasteiger partial charge on any atom is 0.157 e. The molecule has 1 heterocycles. The van der Waals surface area contributed by atoms with E-state index in [0.29, 0.717) is 30.8 Å².